The predicted molar refractivity (Wildman–Crippen MR) is 120 cm³/mol. The Labute approximate surface area is 182 Å². The van der Waals surface area contributed by atoms with Gasteiger partial charge in [-0.05, 0) is 85.6 Å². The highest BCUT2D eigenvalue weighted by atomic mass is 19.1. The Balaban J connectivity index is 1.53. The maximum absolute atomic E-state index is 13.1. The number of phenolic OH excluding ortho intramolecular Hbond substituents is 1. The molecule has 0 aliphatic heterocycles. The van der Waals surface area contributed by atoms with E-state index in [0.29, 0.717) is 13.0 Å². The summed E-state index contributed by atoms with van der Waals surface area (Å²) in [4.78, 5) is 2.11. The second kappa shape index (κ2) is 8.95. The summed E-state index contributed by atoms with van der Waals surface area (Å²) < 4.78 is 19.3. The molecule has 3 aromatic rings. The van der Waals surface area contributed by atoms with Gasteiger partial charge in [0.15, 0.2) is 0 Å². The number of ether oxygens (including phenoxy) is 1. The van der Waals surface area contributed by atoms with Crippen LogP contribution in [0.1, 0.15) is 30.4 Å². The van der Waals surface area contributed by atoms with Gasteiger partial charge >= 0.3 is 0 Å². The molecule has 1 saturated carbocycles. The molecule has 1 aliphatic rings. The van der Waals surface area contributed by atoms with Crippen molar-refractivity contribution in [3.63, 3.8) is 0 Å². The van der Waals surface area contributed by atoms with Crippen molar-refractivity contribution in [2.24, 2.45) is 5.92 Å². The summed E-state index contributed by atoms with van der Waals surface area (Å²) in [6.07, 6.45) is 2.18. The number of aliphatic hydroxyl groups is 1. The fraction of sp³-hybridized carbons (Fsp3) is 0.385. The third-order valence-corrected chi connectivity index (χ3v) is 6.38. The lowest BCUT2D eigenvalue weighted by molar-refractivity contribution is -0.110. The molecule has 3 unspecified atom stereocenters. The van der Waals surface area contributed by atoms with E-state index in [0.717, 1.165) is 41.3 Å². The van der Waals surface area contributed by atoms with Crippen molar-refractivity contribution in [1.29, 1.82) is 0 Å². The molecule has 0 saturated heterocycles. The minimum atomic E-state index is -0.938. The van der Waals surface area contributed by atoms with E-state index in [-0.39, 0.29) is 23.6 Å². The SMILES string of the molecule is CN(C)CC1CC(OCc2ccc(F)cc2)CCC1(O)c1ccc2cc(O)ccc2c1. The zero-order valence-corrected chi connectivity index (χ0v) is 18.1. The van der Waals surface area contributed by atoms with Crippen LogP contribution in [-0.4, -0.2) is 41.9 Å². The Bertz CT molecular complexity index is 1040. The number of hydrogen-bond donors (Lipinski definition) is 2. The van der Waals surface area contributed by atoms with Gasteiger partial charge in [-0.2, -0.15) is 0 Å². The number of phenols is 1. The summed E-state index contributed by atoms with van der Waals surface area (Å²) in [6.45, 7) is 1.19. The molecule has 1 fully saturated rings. The third kappa shape index (κ3) is 4.90. The smallest absolute Gasteiger partial charge is 0.123 e. The summed E-state index contributed by atoms with van der Waals surface area (Å²) >= 11 is 0. The fourth-order valence-electron chi connectivity index (χ4n) is 4.71. The van der Waals surface area contributed by atoms with Crippen molar-refractivity contribution in [3.8, 4) is 5.75 Å². The number of aromatic hydroxyl groups is 1. The minimum Gasteiger partial charge on any atom is -0.508 e. The quantitative estimate of drug-likeness (QED) is 0.597. The Kier molecular flexibility index (Phi) is 6.28. The molecule has 164 valence electrons. The van der Waals surface area contributed by atoms with E-state index in [2.05, 4.69) is 4.90 Å². The number of rotatable bonds is 6. The molecule has 1 aliphatic carbocycles. The number of nitrogens with zero attached hydrogens (tertiary/aromatic N) is 1. The number of benzene rings is 3. The first-order valence-corrected chi connectivity index (χ1v) is 10.8. The first kappa shape index (κ1) is 21.8. The van der Waals surface area contributed by atoms with Gasteiger partial charge in [-0.1, -0.05) is 30.3 Å². The van der Waals surface area contributed by atoms with E-state index in [9.17, 15) is 14.6 Å². The third-order valence-electron chi connectivity index (χ3n) is 6.38. The first-order chi connectivity index (χ1) is 14.8. The topological polar surface area (TPSA) is 52.9 Å². The van der Waals surface area contributed by atoms with E-state index < -0.39 is 5.60 Å². The maximum Gasteiger partial charge on any atom is 0.123 e. The van der Waals surface area contributed by atoms with E-state index >= 15 is 0 Å². The molecule has 3 atom stereocenters. The summed E-state index contributed by atoms with van der Waals surface area (Å²) in [5.41, 5.74) is 0.921. The monoisotopic (exact) mass is 423 g/mol. The van der Waals surface area contributed by atoms with E-state index in [1.807, 2.05) is 38.4 Å². The van der Waals surface area contributed by atoms with Gasteiger partial charge in [-0.3, -0.25) is 0 Å². The molecule has 3 aromatic carbocycles. The summed E-state index contributed by atoms with van der Waals surface area (Å²) in [6, 6.07) is 17.7. The lowest BCUT2D eigenvalue weighted by atomic mass is 9.70. The van der Waals surface area contributed by atoms with Crippen molar-refractivity contribution in [1.82, 2.24) is 4.90 Å². The Hall–Kier alpha value is -2.47. The Morgan fingerprint density at radius 2 is 1.74 bits per heavy atom. The van der Waals surface area contributed by atoms with Crippen LogP contribution >= 0.6 is 0 Å². The molecular weight excluding hydrogens is 393 g/mol. The van der Waals surface area contributed by atoms with Crippen LogP contribution < -0.4 is 0 Å². The molecular formula is C26H30FNO3. The van der Waals surface area contributed by atoms with Crippen molar-refractivity contribution in [2.75, 3.05) is 20.6 Å². The molecule has 0 amide bonds. The molecule has 0 aromatic heterocycles. The first-order valence-electron chi connectivity index (χ1n) is 10.8. The van der Waals surface area contributed by atoms with Gasteiger partial charge in [0.1, 0.15) is 11.6 Å². The largest absolute Gasteiger partial charge is 0.508 e. The summed E-state index contributed by atoms with van der Waals surface area (Å²) in [5.74, 6) is 0.00964. The molecule has 0 heterocycles. The summed E-state index contributed by atoms with van der Waals surface area (Å²) in [7, 11) is 4.04. The second-order valence-corrected chi connectivity index (χ2v) is 8.96. The fourth-order valence-corrected chi connectivity index (χ4v) is 4.71. The Morgan fingerprint density at radius 1 is 1.03 bits per heavy atom. The highest BCUT2D eigenvalue weighted by molar-refractivity contribution is 5.84. The van der Waals surface area contributed by atoms with Gasteiger partial charge in [0.05, 0.1) is 18.3 Å². The van der Waals surface area contributed by atoms with Crippen molar-refractivity contribution < 1.29 is 19.3 Å². The van der Waals surface area contributed by atoms with Crippen molar-refractivity contribution in [3.05, 3.63) is 77.6 Å². The van der Waals surface area contributed by atoms with Gasteiger partial charge in [-0.25, -0.2) is 4.39 Å². The average molecular weight is 424 g/mol. The number of hydrogen-bond acceptors (Lipinski definition) is 4. The standard InChI is InChI=1S/C26H30FNO3/c1-28(2)16-22-15-25(31-17-18-3-8-23(27)9-4-18)11-12-26(22,30)21-7-5-20-14-24(29)10-6-19(20)13-21/h3-10,13-14,22,25,29-30H,11-12,15-17H2,1-2H3. The van der Waals surface area contributed by atoms with Crippen LogP contribution in [0.5, 0.6) is 5.75 Å². The lowest BCUT2D eigenvalue weighted by Gasteiger charge is -2.44. The Morgan fingerprint density at radius 3 is 2.48 bits per heavy atom. The molecule has 4 rings (SSSR count). The zero-order chi connectivity index (χ0) is 22.0. The zero-order valence-electron chi connectivity index (χ0n) is 18.1. The summed E-state index contributed by atoms with van der Waals surface area (Å²) in [5, 5.41) is 23.5. The van der Waals surface area contributed by atoms with Gasteiger partial charge in [0.25, 0.3) is 0 Å². The van der Waals surface area contributed by atoms with Crippen LogP contribution in [0.3, 0.4) is 0 Å². The number of halogens is 1. The molecule has 2 N–H and O–H groups in total. The second-order valence-electron chi connectivity index (χ2n) is 8.96. The molecule has 5 heteroatoms. The molecule has 4 nitrogen and oxygen atoms in total. The minimum absolute atomic E-state index is 0.0176. The van der Waals surface area contributed by atoms with Crippen LogP contribution in [0.2, 0.25) is 0 Å². The molecule has 0 bridgehead atoms. The van der Waals surface area contributed by atoms with Crippen molar-refractivity contribution >= 4 is 10.8 Å². The predicted octanol–water partition coefficient (Wildman–Crippen LogP) is 4.82. The van der Waals surface area contributed by atoms with E-state index in [1.165, 1.54) is 12.1 Å². The van der Waals surface area contributed by atoms with Gasteiger partial charge in [0.2, 0.25) is 0 Å². The molecule has 0 spiro atoms. The van der Waals surface area contributed by atoms with Gasteiger partial charge in [-0.15, -0.1) is 0 Å². The average Bonchev–Trinajstić information content (AvgIpc) is 2.74. The van der Waals surface area contributed by atoms with Gasteiger partial charge < -0.3 is 19.8 Å². The molecule has 31 heavy (non-hydrogen) atoms. The highest BCUT2D eigenvalue weighted by Gasteiger charge is 2.43. The highest BCUT2D eigenvalue weighted by Crippen LogP contribution is 2.44. The van der Waals surface area contributed by atoms with Crippen LogP contribution in [0, 0.1) is 11.7 Å². The van der Waals surface area contributed by atoms with Crippen LogP contribution in [0.15, 0.2) is 60.7 Å². The van der Waals surface area contributed by atoms with Crippen LogP contribution in [-0.2, 0) is 16.9 Å². The number of fused-ring (bicyclic) bond motifs is 1. The van der Waals surface area contributed by atoms with Crippen LogP contribution in [0.4, 0.5) is 4.39 Å². The van der Waals surface area contributed by atoms with Crippen LogP contribution in [0.25, 0.3) is 10.8 Å². The van der Waals surface area contributed by atoms with Gasteiger partial charge in [0, 0.05) is 12.5 Å². The molecule has 0 radical (unpaired) electrons. The lowest BCUT2D eigenvalue weighted by Crippen LogP contribution is -2.46. The van der Waals surface area contributed by atoms with Crippen molar-refractivity contribution in [2.45, 2.75) is 37.6 Å². The van der Waals surface area contributed by atoms with E-state index in [1.54, 1.807) is 24.3 Å². The maximum atomic E-state index is 13.1. The van der Waals surface area contributed by atoms with E-state index in [4.69, 9.17) is 4.74 Å². The normalized spacial score (nSPS) is 24.0.